The molecule has 0 bridgehead atoms. The lowest BCUT2D eigenvalue weighted by molar-refractivity contribution is -0.120. The van der Waals surface area contributed by atoms with Crippen LogP contribution in [-0.2, 0) is 24.8 Å². The van der Waals surface area contributed by atoms with E-state index in [1.165, 1.54) is 34.6 Å². The number of amides is 1. The number of nitrogens with zero attached hydrogens (tertiary/aromatic N) is 2. The molecular formula is C17H17ClN4O5S4. The summed E-state index contributed by atoms with van der Waals surface area (Å²) in [5, 5.41) is 8.18. The van der Waals surface area contributed by atoms with Crippen LogP contribution in [0.1, 0.15) is 12.8 Å². The van der Waals surface area contributed by atoms with Gasteiger partial charge in [0, 0.05) is 13.1 Å². The molecule has 1 atom stereocenters. The van der Waals surface area contributed by atoms with Gasteiger partial charge in [0.1, 0.15) is 4.21 Å². The van der Waals surface area contributed by atoms with Crippen LogP contribution in [0, 0.1) is 5.92 Å². The van der Waals surface area contributed by atoms with E-state index in [0.29, 0.717) is 39.1 Å². The number of hydrogen-bond donors (Lipinski definition) is 2. The number of sulfonamides is 2. The number of fused-ring (bicyclic) bond motifs is 1. The van der Waals surface area contributed by atoms with Gasteiger partial charge in [0.05, 0.1) is 25.4 Å². The van der Waals surface area contributed by atoms with E-state index in [0.717, 1.165) is 22.7 Å². The summed E-state index contributed by atoms with van der Waals surface area (Å²) in [4.78, 5) is 17.0. The number of hydrogen-bond acceptors (Lipinski definition) is 8. The average molecular weight is 521 g/mol. The molecule has 3 heterocycles. The Morgan fingerprint density at radius 3 is 2.65 bits per heavy atom. The van der Waals surface area contributed by atoms with E-state index in [2.05, 4.69) is 10.3 Å². The second-order valence-corrected chi connectivity index (χ2v) is 13.4. The number of thiophene rings is 1. The van der Waals surface area contributed by atoms with E-state index in [-0.39, 0.29) is 21.6 Å². The molecule has 14 heteroatoms. The van der Waals surface area contributed by atoms with Crippen LogP contribution in [0.2, 0.25) is 4.34 Å². The molecule has 0 spiro atoms. The molecule has 3 aromatic rings. The maximum absolute atomic E-state index is 12.8. The number of halogens is 1. The first kappa shape index (κ1) is 22.6. The Morgan fingerprint density at radius 1 is 1.19 bits per heavy atom. The van der Waals surface area contributed by atoms with Gasteiger partial charge in [-0.25, -0.2) is 27.0 Å². The fraction of sp³-hybridized carbons (Fsp3) is 0.294. The Balaban J connectivity index is 1.49. The van der Waals surface area contributed by atoms with Gasteiger partial charge in [-0.2, -0.15) is 4.31 Å². The van der Waals surface area contributed by atoms with E-state index >= 15 is 0 Å². The summed E-state index contributed by atoms with van der Waals surface area (Å²) in [6, 6.07) is 7.26. The molecule has 0 aliphatic carbocycles. The van der Waals surface area contributed by atoms with E-state index in [9.17, 15) is 21.6 Å². The number of piperidine rings is 1. The van der Waals surface area contributed by atoms with Crippen molar-refractivity contribution in [3.8, 4) is 0 Å². The van der Waals surface area contributed by atoms with Crippen molar-refractivity contribution < 1.29 is 21.6 Å². The molecule has 166 valence electrons. The van der Waals surface area contributed by atoms with Crippen LogP contribution in [0.25, 0.3) is 10.2 Å². The zero-order valence-electron chi connectivity index (χ0n) is 15.8. The van der Waals surface area contributed by atoms with Gasteiger partial charge < -0.3 is 5.32 Å². The fourth-order valence-corrected chi connectivity index (χ4v) is 7.96. The predicted molar refractivity (Wildman–Crippen MR) is 120 cm³/mol. The molecule has 3 N–H and O–H groups in total. The Kier molecular flexibility index (Phi) is 6.11. The average Bonchev–Trinajstić information content (AvgIpc) is 3.32. The third-order valence-corrected chi connectivity index (χ3v) is 10.2. The third kappa shape index (κ3) is 4.77. The van der Waals surface area contributed by atoms with Crippen LogP contribution >= 0.6 is 34.3 Å². The first-order chi connectivity index (χ1) is 14.5. The topological polar surface area (TPSA) is 140 Å². The highest BCUT2D eigenvalue weighted by atomic mass is 35.5. The Labute approximate surface area is 191 Å². The minimum absolute atomic E-state index is 0.0386. The molecule has 0 saturated carbocycles. The minimum atomic E-state index is -3.85. The second-order valence-electron chi connectivity index (χ2n) is 6.94. The lowest BCUT2D eigenvalue weighted by Crippen LogP contribution is -2.43. The van der Waals surface area contributed by atoms with E-state index in [1.807, 2.05) is 0 Å². The minimum Gasteiger partial charge on any atom is -0.302 e. The normalized spacial score (nSPS) is 18.3. The molecular weight excluding hydrogens is 504 g/mol. The van der Waals surface area contributed by atoms with Gasteiger partial charge in [-0.3, -0.25) is 4.79 Å². The second kappa shape index (κ2) is 8.39. The SMILES string of the molecule is NS(=O)(=O)c1ccc2nc(NC(=O)C3CCCN(S(=O)(=O)c4ccc(Cl)s4)C3)sc2c1. The first-order valence-corrected chi connectivity index (χ1v) is 14.0. The van der Waals surface area contributed by atoms with Crippen LogP contribution in [-0.4, -0.2) is 45.1 Å². The summed E-state index contributed by atoms with van der Waals surface area (Å²) < 4.78 is 51.1. The molecule has 1 amide bonds. The number of primary sulfonamides is 1. The predicted octanol–water partition coefficient (Wildman–Crippen LogP) is 2.70. The molecule has 9 nitrogen and oxygen atoms in total. The number of carbonyl (C=O) groups excluding carboxylic acids is 1. The number of nitrogens with two attached hydrogens (primary N) is 1. The lowest BCUT2D eigenvalue weighted by atomic mass is 9.99. The van der Waals surface area contributed by atoms with Crippen LogP contribution in [0.15, 0.2) is 39.4 Å². The van der Waals surface area contributed by atoms with Gasteiger partial charge in [0.15, 0.2) is 5.13 Å². The Bertz CT molecular complexity index is 1370. The zero-order chi connectivity index (χ0) is 22.4. The number of anilines is 1. The smallest absolute Gasteiger partial charge is 0.252 e. The quantitative estimate of drug-likeness (QED) is 0.530. The summed E-state index contributed by atoms with van der Waals surface area (Å²) in [5.74, 6) is -0.874. The van der Waals surface area contributed by atoms with E-state index < -0.39 is 26.0 Å². The summed E-state index contributed by atoms with van der Waals surface area (Å²) in [7, 11) is -7.56. The highest BCUT2D eigenvalue weighted by molar-refractivity contribution is 7.91. The van der Waals surface area contributed by atoms with Crippen molar-refractivity contribution in [1.82, 2.24) is 9.29 Å². The van der Waals surface area contributed by atoms with Gasteiger partial charge >= 0.3 is 0 Å². The van der Waals surface area contributed by atoms with Crippen LogP contribution in [0.5, 0.6) is 0 Å². The molecule has 31 heavy (non-hydrogen) atoms. The number of rotatable bonds is 5. The lowest BCUT2D eigenvalue weighted by Gasteiger charge is -2.30. The monoisotopic (exact) mass is 520 g/mol. The summed E-state index contributed by atoms with van der Waals surface area (Å²) in [5.41, 5.74) is 0.523. The molecule has 1 aliphatic heterocycles. The maximum atomic E-state index is 12.8. The van der Waals surface area contributed by atoms with Crippen LogP contribution < -0.4 is 10.5 Å². The van der Waals surface area contributed by atoms with Gasteiger partial charge in [-0.15, -0.1) is 11.3 Å². The number of carbonyl (C=O) groups is 1. The summed E-state index contributed by atoms with van der Waals surface area (Å²) >= 11 is 7.97. The number of nitrogens with one attached hydrogen (secondary N) is 1. The largest absolute Gasteiger partial charge is 0.302 e. The van der Waals surface area contributed by atoms with Crippen molar-refractivity contribution in [3.63, 3.8) is 0 Å². The van der Waals surface area contributed by atoms with Gasteiger partial charge in [0.25, 0.3) is 10.0 Å². The third-order valence-electron chi connectivity index (χ3n) is 4.82. The number of benzene rings is 1. The zero-order valence-corrected chi connectivity index (χ0v) is 19.8. The van der Waals surface area contributed by atoms with Gasteiger partial charge in [-0.1, -0.05) is 22.9 Å². The highest BCUT2D eigenvalue weighted by Crippen LogP contribution is 2.32. The molecule has 1 unspecified atom stereocenters. The summed E-state index contributed by atoms with van der Waals surface area (Å²) in [6.45, 7) is 0.392. The number of aromatic nitrogens is 1. The van der Waals surface area contributed by atoms with Crippen molar-refractivity contribution in [2.75, 3.05) is 18.4 Å². The maximum Gasteiger partial charge on any atom is 0.252 e. The molecule has 0 radical (unpaired) electrons. The standard InChI is InChI=1S/C17H17ClN4O5S4/c18-14-5-6-15(29-14)31(26,27)22-7-1-2-10(9-22)16(23)21-17-20-12-4-3-11(30(19,24)25)8-13(12)28-17/h3-6,8,10H,1-2,7,9H2,(H2,19,24,25)(H,20,21,23). The summed E-state index contributed by atoms with van der Waals surface area (Å²) in [6.07, 6.45) is 1.09. The Hall–Kier alpha value is -1.61. The van der Waals surface area contributed by atoms with E-state index in [4.69, 9.17) is 16.7 Å². The van der Waals surface area contributed by atoms with Gasteiger partial charge in [-0.05, 0) is 43.2 Å². The Morgan fingerprint density at radius 2 is 1.97 bits per heavy atom. The molecule has 1 aliphatic rings. The first-order valence-electron chi connectivity index (χ1n) is 9.04. The molecule has 1 saturated heterocycles. The van der Waals surface area contributed by atoms with Crippen molar-refractivity contribution in [2.45, 2.75) is 21.9 Å². The molecule has 4 rings (SSSR count). The van der Waals surface area contributed by atoms with Crippen molar-refractivity contribution in [3.05, 3.63) is 34.7 Å². The van der Waals surface area contributed by atoms with Crippen molar-refractivity contribution in [2.24, 2.45) is 11.1 Å². The van der Waals surface area contributed by atoms with E-state index in [1.54, 1.807) is 0 Å². The van der Waals surface area contributed by atoms with Crippen molar-refractivity contribution in [1.29, 1.82) is 0 Å². The molecule has 1 aromatic carbocycles. The number of thiazole rings is 1. The van der Waals surface area contributed by atoms with Crippen LogP contribution in [0.3, 0.4) is 0 Å². The molecule has 2 aromatic heterocycles. The highest BCUT2D eigenvalue weighted by Gasteiger charge is 2.34. The van der Waals surface area contributed by atoms with Gasteiger partial charge in [0.2, 0.25) is 15.9 Å². The van der Waals surface area contributed by atoms with Crippen molar-refractivity contribution >= 4 is 75.6 Å². The molecule has 1 fully saturated rings. The van der Waals surface area contributed by atoms with Crippen LogP contribution in [0.4, 0.5) is 5.13 Å². The fourth-order valence-electron chi connectivity index (χ4n) is 3.28.